The molecule has 1 fully saturated rings. The van der Waals surface area contributed by atoms with Crippen LogP contribution >= 0.6 is 0 Å². The molecule has 1 atom stereocenters. The maximum Gasteiger partial charge on any atom is 0.306 e. The minimum Gasteiger partial charge on any atom is -0.459 e. The van der Waals surface area contributed by atoms with Crippen molar-refractivity contribution in [2.75, 3.05) is 0 Å². The second kappa shape index (κ2) is 10.5. The Morgan fingerprint density at radius 1 is 0.792 bits per heavy atom. The summed E-state index contributed by atoms with van der Waals surface area (Å²) < 4.78 is 5.85. The molecule has 0 amide bonds. The monoisotopic (exact) mass is 338 g/mol. The number of carbonyl (C=O) groups excluding carboxylic acids is 1. The summed E-state index contributed by atoms with van der Waals surface area (Å²) in [5.41, 5.74) is -0.0334. The molecule has 0 aromatic rings. The van der Waals surface area contributed by atoms with Crippen LogP contribution in [0, 0.1) is 11.3 Å². The number of rotatable bonds is 0. The molecular weight excluding hydrogens is 296 g/mol. The van der Waals surface area contributed by atoms with E-state index in [0.717, 1.165) is 19.3 Å². The zero-order valence-electron chi connectivity index (χ0n) is 17.1. The van der Waals surface area contributed by atoms with E-state index in [1.807, 2.05) is 0 Å². The van der Waals surface area contributed by atoms with E-state index in [2.05, 4.69) is 34.6 Å². The molecule has 0 spiro atoms. The highest BCUT2D eigenvalue weighted by Gasteiger charge is 2.34. The predicted octanol–water partition coefficient (Wildman–Crippen LogP) is 7.06. The molecule has 2 heteroatoms. The third kappa shape index (κ3) is 9.08. The van der Waals surface area contributed by atoms with Gasteiger partial charge in [-0.05, 0) is 44.4 Å². The van der Waals surface area contributed by atoms with Crippen molar-refractivity contribution in [3.8, 4) is 0 Å². The second-order valence-corrected chi connectivity index (χ2v) is 9.38. The molecule has 0 saturated carbocycles. The minimum atomic E-state index is -0.361. The summed E-state index contributed by atoms with van der Waals surface area (Å²) in [5.74, 6) is 0.376. The topological polar surface area (TPSA) is 26.3 Å². The molecule has 1 unspecified atom stereocenters. The van der Waals surface area contributed by atoms with Gasteiger partial charge in [0.05, 0.1) is 0 Å². The van der Waals surface area contributed by atoms with Crippen molar-refractivity contribution in [2.24, 2.45) is 11.3 Å². The quantitative estimate of drug-likeness (QED) is 0.442. The van der Waals surface area contributed by atoms with Crippen molar-refractivity contribution in [1.82, 2.24) is 0 Å². The fourth-order valence-corrected chi connectivity index (χ4v) is 3.91. The normalized spacial score (nSPS) is 28.4. The van der Waals surface area contributed by atoms with E-state index in [1.165, 1.54) is 57.8 Å². The van der Waals surface area contributed by atoms with Gasteiger partial charge in [-0.1, -0.05) is 78.6 Å². The zero-order valence-corrected chi connectivity index (χ0v) is 17.1. The first-order valence-electron chi connectivity index (χ1n) is 10.4. The lowest BCUT2D eigenvalue weighted by molar-refractivity contribution is -0.162. The van der Waals surface area contributed by atoms with Crippen LogP contribution in [0.15, 0.2) is 0 Å². The van der Waals surface area contributed by atoms with Crippen molar-refractivity contribution in [3.05, 3.63) is 0 Å². The van der Waals surface area contributed by atoms with E-state index < -0.39 is 0 Å². The predicted molar refractivity (Wildman–Crippen MR) is 103 cm³/mol. The number of cyclic esters (lactones) is 1. The Hall–Kier alpha value is -0.530. The van der Waals surface area contributed by atoms with Gasteiger partial charge in [-0.25, -0.2) is 0 Å². The van der Waals surface area contributed by atoms with Gasteiger partial charge in [0.25, 0.3) is 0 Å². The van der Waals surface area contributed by atoms with Crippen LogP contribution in [-0.2, 0) is 9.53 Å². The van der Waals surface area contributed by atoms with Crippen LogP contribution in [0.1, 0.15) is 118 Å². The maximum atomic E-state index is 12.2. The van der Waals surface area contributed by atoms with Gasteiger partial charge < -0.3 is 4.74 Å². The van der Waals surface area contributed by atoms with Crippen LogP contribution in [0.25, 0.3) is 0 Å². The number of hydrogen-bond acceptors (Lipinski definition) is 2. The first kappa shape index (κ1) is 21.5. The standard InChI is InChI=1S/C22H42O2/c1-19-18-21(2,3)17-15-13-11-9-7-6-8-10-12-14-16-20(23)24-22(19,4)5/h19H,6-18H2,1-5H3. The Morgan fingerprint density at radius 2 is 1.25 bits per heavy atom. The molecule has 2 nitrogen and oxygen atoms in total. The number of esters is 1. The zero-order chi connectivity index (χ0) is 18.1. The average molecular weight is 339 g/mol. The lowest BCUT2D eigenvalue weighted by Gasteiger charge is -2.37. The molecule has 0 bridgehead atoms. The molecule has 1 heterocycles. The van der Waals surface area contributed by atoms with Crippen molar-refractivity contribution >= 4 is 5.97 Å². The van der Waals surface area contributed by atoms with Crippen molar-refractivity contribution in [3.63, 3.8) is 0 Å². The van der Waals surface area contributed by atoms with E-state index in [4.69, 9.17) is 4.74 Å². The van der Waals surface area contributed by atoms with E-state index in [9.17, 15) is 4.79 Å². The largest absolute Gasteiger partial charge is 0.459 e. The van der Waals surface area contributed by atoms with E-state index in [1.54, 1.807) is 0 Å². The summed E-state index contributed by atoms with van der Waals surface area (Å²) in [6, 6.07) is 0. The average Bonchev–Trinajstić information content (AvgIpc) is 2.46. The first-order valence-corrected chi connectivity index (χ1v) is 10.4. The van der Waals surface area contributed by atoms with Crippen LogP contribution in [0.3, 0.4) is 0 Å². The highest BCUT2D eigenvalue weighted by molar-refractivity contribution is 5.69. The van der Waals surface area contributed by atoms with Crippen LogP contribution in [0.4, 0.5) is 0 Å². The molecule has 0 N–H and O–H groups in total. The van der Waals surface area contributed by atoms with Gasteiger partial charge in [-0.15, -0.1) is 0 Å². The second-order valence-electron chi connectivity index (χ2n) is 9.38. The van der Waals surface area contributed by atoms with Gasteiger partial charge in [-0.3, -0.25) is 4.79 Å². The molecule has 1 saturated heterocycles. The Bertz CT molecular complexity index is 357. The summed E-state index contributed by atoms with van der Waals surface area (Å²) in [6.07, 6.45) is 16.0. The molecule has 0 aromatic heterocycles. The van der Waals surface area contributed by atoms with Crippen molar-refractivity contribution in [1.29, 1.82) is 0 Å². The maximum absolute atomic E-state index is 12.2. The SMILES string of the molecule is CC1CC(C)(C)CCCCCCCCCCCCC(=O)OC1(C)C. The van der Waals surface area contributed by atoms with E-state index in [0.29, 0.717) is 17.8 Å². The summed E-state index contributed by atoms with van der Waals surface area (Å²) >= 11 is 0. The summed E-state index contributed by atoms with van der Waals surface area (Å²) in [7, 11) is 0. The molecule has 1 rings (SSSR count). The van der Waals surface area contributed by atoms with Crippen molar-refractivity contribution < 1.29 is 9.53 Å². The molecule has 0 aliphatic carbocycles. The smallest absolute Gasteiger partial charge is 0.306 e. The number of ether oxygens (including phenoxy) is 1. The summed E-state index contributed by atoms with van der Waals surface area (Å²) in [6.45, 7) is 11.2. The fraction of sp³-hybridized carbons (Fsp3) is 0.955. The van der Waals surface area contributed by atoms with Gasteiger partial charge in [0, 0.05) is 6.42 Å². The summed E-state index contributed by atoms with van der Waals surface area (Å²) in [4.78, 5) is 12.2. The molecule has 142 valence electrons. The lowest BCUT2D eigenvalue weighted by Crippen LogP contribution is -2.37. The number of carbonyl (C=O) groups is 1. The third-order valence-corrected chi connectivity index (χ3v) is 5.91. The Morgan fingerprint density at radius 3 is 1.79 bits per heavy atom. The third-order valence-electron chi connectivity index (χ3n) is 5.91. The van der Waals surface area contributed by atoms with Gasteiger partial charge in [0.15, 0.2) is 0 Å². The summed E-state index contributed by atoms with van der Waals surface area (Å²) in [5, 5.41) is 0. The van der Waals surface area contributed by atoms with Gasteiger partial charge >= 0.3 is 5.97 Å². The van der Waals surface area contributed by atoms with E-state index in [-0.39, 0.29) is 11.6 Å². The number of hydrogen-bond donors (Lipinski definition) is 0. The molecule has 1 aliphatic rings. The molecule has 0 aromatic carbocycles. The van der Waals surface area contributed by atoms with Crippen LogP contribution in [0.5, 0.6) is 0 Å². The van der Waals surface area contributed by atoms with E-state index >= 15 is 0 Å². The van der Waals surface area contributed by atoms with Crippen LogP contribution in [-0.4, -0.2) is 11.6 Å². The Balaban J connectivity index is 2.60. The van der Waals surface area contributed by atoms with Crippen molar-refractivity contribution in [2.45, 2.75) is 124 Å². The lowest BCUT2D eigenvalue weighted by atomic mass is 9.74. The molecule has 1 aliphatic heterocycles. The Kier molecular flexibility index (Phi) is 9.37. The molecular formula is C22H42O2. The highest BCUT2D eigenvalue weighted by atomic mass is 16.6. The van der Waals surface area contributed by atoms with Gasteiger partial charge in [-0.2, -0.15) is 0 Å². The highest BCUT2D eigenvalue weighted by Crippen LogP contribution is 2.37. The first-order chi connectivity index (χ1) is 11.2. The Labute approximate surface area is 151 Å². The fourth-order valence-electron chi connectivity index (χ4n) is 3.91. The van der Waals surface area contributed by atoms with Crippen LogP contribution < -0.4 is 0 Å². The molecule has 24 heavy (non-hydrogen) atoms. The van der Waals surface area contributed by atoms with Gasteiger partial charge in [0.2, 0.25) is 0 Å². The van der Waals surface area contributed by atoms with Gasteiger partial charge in [0.1, 0.15) is 5.60 Å². The molecule has 0 radical (unpaired) electrons. The minimum absolute atomic E-state index is 0.00854. The van der Waals surface area contributed by atoms with Crippen LogP contribution in [0.2, 0.25) is 0 Å².